The molecule has 8 nitrogen and oxygen atoms in total. The molecular formula is C12H9N3O5S. The Morgan fingerprint density at radius 3 is 2.71 bits per heavy atom. The summed E-state index contributed by atoms with van der Waals surface area (Å²) in [4.78, 5) is 39.3. The van der Waals surface area contributed by atoms with Crippen LogP contribution in [0.3, 0.4) is 0 Å². The molecule has 0 aliphatic heterocycles. The highest BCUT2D eigenvalue weighted by Crippen LogP contribution is 2.31. The summed E-state index contributed by atoms with van der Waals surface area (Å²) in [6, 6.07) is 4.68. The first-order valence-corrected chi connectivity index (χ1v) is 6.46. The van der Waals surface area contributed by atoms with Gasteiger partial charge in [-0.2, -0.15) is 0 Å². The summed E-state index contributed by atoms with van der Waals surface area (Å²) in [5.74, 6) is -1.22. The van der Waals surface area contributed by atoms with Crippen LogP contribution in [0.2, 0.25) is 0 Å². The van der Waals surface area contributed by atoms with Crippen molar-refractivity contribution in [2.24, 2.45) is 0 Å². The Hall–Kier alpha value is -2.68. The summed E-state index contributed by atoms with van der Waals surface area (Å²) < 4.78 is 0. The van der Waals surface area contributed by atoms with Crippen molar-refractivity contribution < 1.29 is 14.8 Å². The molecule has 1 heterocycles. The fourth-order valence-electron chi connectivity index (χ4n) is 1.59. The second kappa shape index (κ2) is 5.75. The minimum absolute atomic E-state index is 0.102. The normalized spacial score (nSPS) is 10.3. The van der Waals surface area contributed by atoms with Crippen LogP contribution in [0.5, 0.6) is 0 Å². The zero-order valence-electron chi connectivity index (χ0n) is 10.7. The van der Waals surface area contributed by atoms with E-state index >= 15 is 0 Å². The van der Waals surface area contributed by atoms with E-state index < -0.39 is 10.9 Å². The Balaban J connectivity index is 2.50. The van der Waals surface area contributed by atoms with Gasteiger partial charge in [0, 0.05) is 28.8 Å². The number of carboxylic acids is 1. The van der Waals surface area contributed by atoms with Gasteiger partial charge in [0.1, 0.15) is 0 Å². The molecule has 1 aromatic carbocycles. The molecule has 2 rings (SSSR count). The number of nitro benzene ring substituents is 1. The number of nitrogens with one attached hydrogen (secondary N) is 1. The van der Waals surface area contributed by atoms with Crippen molar-refractivity contribution in [3.63, 3.8) is 0 Å². The molecule has 0 amide bonds. The molecule has 21 heavy (non-hydrogen) atoms. The van der Waals surface area contributed by atoms with Crippen molar-refractivity contribution >= 4 is 23.4 Å². The number of aromatic amines is 1. The van der Waals surface area contributed by atoms with Gasteiger partial charge in [0.05, 0.1) is 10.5 Å². The third kappa shape index (κ3) is 3.45. The quantitative estimate of drug-likeness (QED) is 0.501. The third-order valence-electron chi connectivity index (χ3n) is 2.46. The maximum atomic E-state index is 11.4. The Kier molecular flexibility index (Phi) is 4.03. The molecule has 0 aliphatic rings. The second-order valence-corrected chi connectivity index (χ2v) is 5.07. The Bertz CT molecular complexity index is 787. The van der Waals surface area contributed by atoms with E-state index in [2.05, 4.69) is 9.97 Å². The lowest BCUT2D eigenvalue weighted by Gasteiger charge is -2.05. The van der Waals surface area contributed by atoms with Crippen molar-refractivity contribution in [2.75, 3.05) is 0 Å². The van der Waals surface area contributed by atoms with E-state index in [1.54, 1.807) is 6.92 Å². The van der Waals surface area contributed by atoms with E-state index in [4.69, 9.17) is 5.11 Å². The Morgan fingerprint density at radius 1 is 1.43 bits per heavy atom. The molecule has 0 spiro atoms. The number of hydrogen-bond acceptors (Lipinski definition) is 6. The zero-order chi connectivity index (χ0) is 15.6. The topological polar surface area (TPSA) is 126 Å². The van der Waals surface area contributed by atoms with Gasteiger partial charge < -0.3 is 10.1 Å². The van der Waals surface area contributed by atoms with Crippen LogP contribution in [-0.2, 0) is 0 Å². The van der Waals surface area contributed by atoms with E-state index in [1.807, 2.05) is 0 Å². The number of aromatic nitrogens is 2. The fraction of sp³-hybridized carbons (Fsp3) is 0.0833. The molecule has 0 unspecified atom stereocenters. The highest BCUT2D eigenvalue weighted by molar-refractivity contribution is 7.99. The van der Waals surface area contributed by atoms with Crippen molar-refractivity contribution in [2.45, 2.75) is 17.0 Å². The highest BCUT2D eigenvalue weighted by Gasteiger charge is 2.17. The van der Waals surface area contributed by atoms with Crippen molar-refractivity contribution in [1.29, 1.82) is 0 Å². The van der Waals surface area contributed by atoms with Crippen LogP contribution < -0.4 is 5.56 Å². The van der Waals surface area contributed by atoms with Gasteiger partial charge in [0.25, 0.3) is 11.2 Å². The van der Waals surface area contributed by atoms with Crippen molar-refractivity contribution in [1.82, 2.24) is 9.97 Å². The number of rotatable bonds is 4. The third-order valence-corrected chi connectivity index (χ3v) is 3.41. The molecule has 0 saturated carbocycles. The van der Waals surface area contributed by atoms with E-state index in [-0.39, 0.29) is 26.9 Å². The number of H-pyrrole nitrogens is 1. The minimum atomic E-state index is -1.22. The zero-order valence-corrected chi connectivity index (χ0v) is 11.5. The molecule has 0 fully saturated rings. The number of benzene rings is 1. The van der Waals surface area contributed by atoms with Gasteiger partial charge in [0.15, 0.2) is 5.16 Å². The Labute approximate surface area is 122 Å². The minimum Gasteiger partial charge on any atom is -0.478 e. The van der Waals surface area contributed by atoms with Crippen LogP contribution in [0.25, 0.3) is 0 Å². The summed E-state index contributed by atoms with van der Waals surface area (Å²) >= 11 is 0.851. The maximum Gasteiger partial charge on any atom is 0.336 e. The number of carbonyl (C=O) groups is 1. The molecule has 0 atom stereocenters. The first-order valence-electron chi connectivity index (χ1n) is 5.64. The van der Waals surface area contributed by atoms with Crippen LogP contribution in [-0.4, -0.2) is 26.0 Å². The van der Waals surface area contributed by atoms with Crippen LogP contribution in [0.4, 0.5) is 5.69 Å². The van der Waals surface area contributed by atoms with Gasteiger partial charge in [-0.1, -0.05) is 11.8 Å². The number of nitrogens with zero attached hydrogens (tertiary/aromatic N) is 2. The van der Waals surface area contributed by atoms with Crippen LogP contribution >= 0.6 is 11.8 Å². The van der Waals surface area contributed by atoms with Crippen LogP contribution in [0, 0.1) is 17.0 Å². The average molecular weight is 307 g/mol. The molecule has 108 valence electrons. The van der Waals surface area contributed by atoms with E-state index in [9.17, 15) is 19.7 Å². The lowest BCUT2D eigenvalue weighted by atomic mass is 10.2. The van der Waals surface area contributed by atoms with Crippen LogP contribution in [0.1, 0.15) is 16.1 Å². The lowest BCUT2D eigenvalue weighted by molar-refractivity contribution is -0.385. The lowest BCUT2D eigenvalue weighted by Crippen LogP contribution is -2.08. The number of aromatic carboxylic acids is 1. The number of carboxylic acid groups (broad SMARTS) is 1. The van der Waals surface area contributed by atoms with Gasteiger partial charge in [-0.3, -0.25) is 14.9 Å². The first kappa shape index (κ1) is 14.7. The molecule has 2 N–H and O–H groups in total. The monoisotopic (exact) mass is 307 g/mol. The molecule has 0 bridgehead atoms. The van der Waals surface area contributed by atoms with Gasteiger partial charge in [-0.05, 0) is 13.0 Å². The average Bonchev–Trinajstić information content (AvgIpc) is 2.36. The number of nitro groups is 1. The molecule has 2 aromatic rings. The standard InChI is InChI=1S/C12H9N3O5S/c1-6-4-10(16)14-12(13-6)21-9-5-7(15(19)20)2-3-8(9)11(17)18/h2-5H,1H3,(H,17,18)(H,13,14,16). The summed E-state index contributed by atoms with van der Waals surface area (Å²) in [5, 5.41) is 20.0. The van der Waals surface area contributed by atoms with Crippen molar-refractivity contribution in [3.8, 4) is 0 Å². The van der Waals surface area contributed by atoms with Gasteiger partial charge in [0.2, 0.25) is 0 Å². The molecule has 1 aromatic heterocycles. The predicted molar refractivity (Wildman–Crippen MR) is 73.8 cm³/mol. The van der Waals surface area contributed by atoms with E-state index in [0.29, 0.717) is 5.69 Å². The molecule has 0 radical (unpaired) electrons. The number of aryl methyl sites for hydroxylation is 1. The molecule has 0 aliphatic carbocycles. The van der Waals surface area contributed by atoms with Crippen molar-refractivity contribution in [3.05, 3.63) is 56.0 Å². The summed E-state index contributed by atoms with van der Waals surface area (Å²) in [6.45, 7) is 1.62. The maximum absolute atomic E-state index is 11.4. The second-order valence-electron chi connectivity index (χ2n) is 4.04. The largest absolute Gasteiger partial charge is 0.478 e. The SMILES string of the molecule is Cc1cc(=O)[nH]c(Sc2cc([N+](=O)[O-])ccc2C(=O)O)n1. The highest BCUT2D eigenvalue weighted by atomic mass is 32.2. The van der Waals surface area contributed by atoms with Gasteiger partial charge >= 0.3 is 5.97 Å². The summed E-state index contributed by atoms with van der Waals surface area (Å²) in [6.07, 6.45) is 0. The Morgan fingerprint density at radius 2 is 2.14 bits per heavy atom. The summed E-state index contributed by atoms with van der Waals surface area (Å²) in [5.41, 5.74) is -0.261. The molecule has 0 saturated heterocycles. The molecular weight excluding hydrogens is 298 g/mol. The van der Waals surface area contributed by atoms with Gasteiger partial charge in [-0.15, -0.1) is 0 Å². The molecule has 9 heteroatoms. The van der Waals surface area contributed by atoms with E-state index in [0.717, 1.165) is 30.0 Å². The smallest absolute Gasteiger partial charge is 0.336 e. The summed E-state index contributed by atoms with van der Waals surface area (Å²) in [7, 11) is 0. The number of hydrogen-bond donors (Lipinski definition) is 2. The number of non-ortho nitro benzene ring substituents is 1. The van der Waals surface area contributed by atoms with E-state index in [1.165, 1.54) is 6.07 Å². The van der Waals surface area contributed by atoms with Crippen LogP contribution in [0.15, 0.2) is 39.1 Å². The van der Waals surface area contributed by atoms with Gasteiger partial charge in [-0.25, -0.2) is 9.78 Å². The first-order chi connectivity index (χ1) is 9.86. The fourth-order valence-corrected chi connectivity index (χ4v) is 2.58. The predicted octanol–water partition coefficient (Wildman–Crippen LogP) is 1.84.